The van der Waals surface area contributed by atoms with Gasteiger partial charge in [-0.05, 0) is 18.2 Å². The molecule has 0 fully saturated rings. The molecule has 0 spiro atoms. The molecule has 0 unspecified atom stereocenters. The molecule has 1 aromatic carbocycles. The predicted octanol–water partition coefficient (Wildman–Crippen LogP) is 2.57. The molecule has 0 aliphatic carbocycles. The monoisotopic (exact) mass is 323 g/mol. The highest BCUT2D eigenvalue weighted by atomic mass is 79.9. The van der Waals surface area contributed by atoms with Gasteiger partial charge in [0, 0.05) is 16.9 Å². The molecule has 1 N–H and O–H groups in total. The fourth-order valence-corrected chi connectivity index (χ4v) is 1.60. The molecule has 94 valence electrons. The van der Waals surface area contributed by atoms with Gasteiger partial charge in [-0.2, -0.15) is 0 Å². The Kier molecular flexibility index (Phi) is 6.47. The first-order valence-electron chi connectivity index (χ1n) is 5.02. The van der Waals surface area contributed by atoms with Crippen LogP contribution >= 0.6 is 27.5 Å². The van der Waals surface area contributed by atoms with Crippen LogP contribution in [0, 0.1) is 5.82 Å². The Hall–Kier alpha value is -0.650. The van der Waals surface area contributed by atoms with Crippen molar-refractivity contribution in [1.29, 1.82) is 0 Å². The van der Waals surface area contributed by atoms with E-state index in [1.807, 2.05) is 0 Å². The van der Waals surface area contributed by atoms with Crippen molar-refractivity contribution in [3.63, 3.8) is 0 Å². The molecule has 0 bridgehead atoms. The van der Waals surface area contributed by atoms with E-state index in [2.05, 4.69) is 21.2 Å². The molecule has 0 saturated heterocycles. The van der Waals surface area contributed by atoms with Crippen molar-refractivity contribution < 1.29 is 13.9 Å². The van der Waals surface area contributed by atoms with Gasteiger partial charge in [-0.25, -0.2) is 4.39 Å². The molecule has 3 nitrogen and oxygen atoms in total. The third-order valence-electron chi connectivity index (χ3n) is 1.93. The lowest BCUT2D eigenvalue weighted by Gasteiger charge is -2.06. The SMILES string of the molecule is O=C(NCCOCCCl)c1ccc(Br)cc1F. The third-order valence-corrected chi connectivity index (χ3v) is 2.58. The molecule has 1 rings (SSSR count). The number of carbonyl (C=O) groups is 1. The van der Waals surface area contributed by atoms with Crippen LogP contribution in [0.15, 0.2) is 22.7 Å². The van der Waals surface area contributed by atoms with Gasteiger partial charge in [0.1, 0.15) is 5.82 Å². The Bertz CT molecular complexity index is 390. The molecule has 17 heavy (non-hydrogen) atoms. The zero-order valence-electron chi connectivity index (χ0n) is 9.01. The minimum Gasteiger partial charge on any atom is -0.378 e. The number of carbonyl (C=O) groups excluding carboxylic acids is 1. The number of halogens is 3. The lowest BCUT2D eigenvalue weighted by molar-refractivity contribution is 0.0919. The second-order valence-corrected chi connectivity index (χ2v) is 4.48. The number of hydrogen-bond donors (Lipinski definition) is 1. The lowest BCUT2D eigenvalue weighted by Crippen LogP contribution is -2.28. The van der Waals surface area contributed by atoms with Crippen molar-refractivity contribution in [2.24, 2.45) is 0 Å². The lowest BCUT2D eigenvalue weighted by atomic mass is 10.2. The summed E-state index contributed by atoms with van der Waals surface area (Å²) >= 11 is 8.53. The van der Waals surface area contributed by atoms with E-state index >= 15 is 0 Å². The first-order valence-corrected chi connectivity index (χ1v) is 6.35. The highest BCUT2D eigenvalue weighted by Gasteiger charge is 2.10. The standard InChI is InChI=1S/C11H12BrClFNO2/c12-8-1-2-9(10(14)7-8)11(16)15-4-6-17-5-3-13/h1-2,7H,3-6H2,(H,15,16). The average Bonchev–Trinajstić information content (AvgIpc) is 2.28. The maximum absolute atomic E-state index is 13.4. The van der Waals surface area contributed by atoms with Gasteiger partial charge in [0.2, 0.25) is 0 Å². The molecule has 0 radical (unpaired) electrons. The van der Waals surface area contributed by atoms with Crippen molar-refractivity contribution in [3.05, 3.63) is 34.1 Å². The van der Waals surface area contributed by atoms with Gasteiger partial charge < -0.3 is 10.1 Å². The predicted molar refractivity (Wildman–Crippen MR) is 68.0 cm³/mol. The van der Waals surface area contributed by atoms with E-state index in [4.69, 9.17) is 16.3 Å². The summed E-state index contributed by atoms with van der Waals surface area (Å²) in [6.45, 7) is 1.12. The summed E-state index contributed by atoms with van der Waals surface area (Å²) in [5.41, 5.74) is 0.0190. The Morgan fingerprint density at radius 2 is 2.24 bits per heavy atom. The number of nitrogens with one attached hydrogen (secondary N) is 1. The summed E-state index contributed by atoms with van der Waals surface area (Å²) in [5.74, 6) is -0.599. The van der Waals surface area contributed by atoms with Crippen molar-refractivity contribution in [1.82, 2.24) is 5.32 Å². The summed E-state index contributed by atoms with van der Waals surface area (Å²) in [6.07, 6.45) is 0. The van der Waals surface area contributed by atoms with Crippen LogP contribution in [0.2, 0.25) is 0 Å². The number of alkyl halides is 1. The quantitative estimate of drug-likeness (QED) is 0.645. The molecule has 6 heteroatoms. The Morgan fingerprint density at radius 1 is 1.47 bits per heavy atom. The molecular formula is C11H12BrClFNO2. The fraction of sp³-hybridized carbons (Fsp3) is 0.364. The van der Waals surface area contributed by atoms with Crippen LogP contribution in [0.3, 0.4) is 0 Å². The summed E-state index contributed by atoms with van der Waals surface area (Å²) in [5, 5.41) is 2.56. The first-order chi connectivity index (χ1) is 8.15. The highest BCUT2D eigenvalue weighted by molar-refractivity contribution is 9.10. The van der Waals surface area contributed by atoms with E-state index in [1.165, 1.54) is 12.1 Å². The van der Waals surface area contributed by atoms with E-state index < -0.39 is 11.7 Å². The molecule has 0 atom stereocenters. The van der Waals surface area contributed by atoms with Gasteiger partial charge in [-0.3, -0.25) is 4.79 Å². The summed E-state index contributed by atoms with van der Waals surface area (Å²) in [6, 6.07) is 4.29. The van der Waals surface area contributed by atoms with Gasteiger partial charge in [-0.15, -0.1) is 11.6 Å². The van der Waals surface area contributed by atoms with Crippen LogP contribution < -0.4 is 5.32 Å². The number of hydrogen-bond acceptors (Lipinski definition) is 2. The second-order valence-electron chi connectivity index (χ2n) is 3.18. The number of amides is 1. The van der Waals surface area contributed by atoms with Gasteiger partial charge in [-0.1, -0.05) is 15.9 Å². The van der Waals surface area contributed by atoms with Crippen LogP contribution in [-0.4, -0.2) is 31.5 Å². The van der Waals surface area contributed by atoms with Crippen molar-refractivity contribution in [2.75, 3.05) is 25.6 Å². The molecular weight excluding hydrogens is 312 g/mol. The largest absolute Gasteiger partial charge is 0.378 e. The van der Waals surface area contributed by atoms with Crippen LogP contribution in [0.5, 0.6) is 0 Å². The highest BCUT2D eigenvalue weighted by Crippen LogP contribution is 2.14. The molecule has 1 amide bonds. The van der Waals surface area contributed by atoms with Gasteiger partial charge in [0.15, 0.2) is 0 Å². The zero-order chi connectivity index (χ0) is 12.7. The van der Waals surface area contributed by atoms with Gasteiger partial charge in [0.25, 0.3) is 5.91 Å². The number of ether oxygens (including phenoxy) is 1. The molecule has 1 aromatic rings. The Balaban J connectivity index is 2.42. The van der Waals surface area contributed by atoms with Crippen LogP contribution in [0.4, 0.5) is 4.39 Å². The average molecular weight is 325 g/mol. The van der Waals surface area contributed by atoms with Crippen molar-refractivity contribution in [3.8, 4) is 0 Å². The topological polar surface area (TPSA) is 38.3 Å². The summed E-state index contributed by atoms with van der Waals surface area (Å²) < 4.78 is 19.1. The number of rotatable bonds is 6. The van der Waals surface area contributed by atoms with Crippen LogP contribution in [-0.2, 0) is 4.74 Å². The molecule has 0 heterocycles. The molecule has 0 aromatic heterocycles. The summed E-state index contributed by atoms with van der Waals surface area (Å²) in [4.78, 5) is 11.6. The molecule has 0 saturated carbocycles. The van der Waals surface area contributed by atoms with Crippen molar-refractivity contribution >= 4 is 33.4 Å². The van der Waals surface area contributed by atoms with Crippen LogP contribution in [0.1, 0.15) is 10.4 Å². The van der Waals surface area contributed by atoms with E-state index in [-0.39, 0.29) is 5.56 Å². The minimum absolute atomic E-state index is 0.0190. The summed E-state index contributed by atoms with van der Waals surface area (Å²) in [7, 11) is 0. The van der Waals surface area contributed by atoms with Gasteiger partial charge >= 0.3 is 0 Å². The second kappa shape index (κ2) is 7.63. The zero-order valence-corrected chi connectivity index (χ0v) is 11.4. The normalized spacial score (nSPS) is 10.3. The van der Waals surface area contributed by atoms with E-state index in [0.29, 0.717) is 30.1 Å². The smallest absolute Gasteiger partial charge is 0.254 e. The van der Waals surface area contributed by atoms with E-state index in [9.17, 15) is 9.18 Å². The fourth-order valence-electron chi connectivity index (χ4n) is 1.16. The molecule has 0 aliphatic heterocycles. The van der Waals surface area contributed by atoms with E-state index in [0.717, 1.165) is 0 Å². The minimum atomic E-state index is -0.557. The Labute approximate surface area is 112 Å². The third kappa shape index (κ3) is 5.02. The van der Waals surface area contributed by atoms with E-state index in [1.54, 1.807) is 6.07 Å². The maximum atomic E-state index is 13.4. The maximum Gasteiger partial charge on any atom is 0.254 e. The van der Waals surface area contributed by atoms with Crippen molar-refractivity contribution in [2.45, 2.75) is 0 Å². The van der Waals surface area contributed by atoms with Gasteiger partial charge in [0.05, 0.1) is 18.8 Å². The van der Waals surface area contributed by atoms with Crippen LogP contribution in [0.25, 0.3) is 0 Å². The molecule has 0 aliphatic rings. The number of benzene rings is 1. The first kappa shape index (κ1) is 14.4. The Morgan fingerprint density at radius 3 is 2.88 bits per heavy atom.